The molecular weight excluding hydrogens is 521 g/mol. The zero-order chi connectivity index (χ0) is 27.9. The van der Waals surface area contributed by atoms with Gasteiger partial charge in [0.1, 0.15) is 16.7 Å². The van der Waals surface area contributed by atoms with Crippen molar-refractivity contribution in [1.82, 2.24) is 15.2 Å². The number of pyridine rings is 1. The van der Waals surface area contributed by atoms with Gasteiger partial charge in [0.15, 0.2) is 5.92 Å². The number of amides is 2. The summed E-state index contributed by atoms with van der Waals surface area (Å²) in [7, 11) is 3.30. The Bertz CT molecular complexity index is 1110. The van der Waals surface area contributed by atoms with Gasteiger partial charge in [0, 0.05) is 33.7 Å². The van der Waals surface area contributed by atoms with Crippen LogP contribution in [-0.2, 0) is 4.79 Å². The lowest BCUT2D eigenvalue weighted by Gasteiger charge is -2.33. The second kappa shape index (κ2) is 13.2. The maximum atomic E-state index is 13.7. The number of alkyl halides is 3. The molecule has 1 aliphatic rings. The number of benzene rings is 1. The molecule has 0 aliphatic carbocycles. The minimum absolute atomic E-state index is 0.138. The number of rotatable bonds is 10. The number of carbonyl (C=O) groups is 2. The molecule has 0 radical (unpaired) electrons. The fourth-order valence-electron chi connectivity index (χ4n) is 4.60. The summed E-state index contributed by atoms with van der Waals surface area (Å²) in [5, 5.41) is 2.64. The topological polar surface area (TPSA) is 74.8 Å². The van der Waals surface area contributed by atoms with Crippen LogP contribution in [0.25, 0.3) is 0 Å². The first-order chi connectivity index (χ1) is 18.0. The van der Waals surface area contributed by atoms with Gasteiger partial charge in [-0.05, 0) is 68.4 Å². The molecule has 1 N–H and O–H groups in total. The largest absolute Gasteiger partial charge is 0.494 e. The van der Waals surface area contributed by atoms with Crippen LogP contribution in [0.5, 0.6) is 5.75 Å². The first kappa shape index (κ1) is 29.5. The molecule has 0 saturated carbocycles. The molecule has 11 heteroatoms. The minimum Gasteiger partial charge on any atom is -0.494 e. The van der Waals surface area contributed by atoms with E-state index in [-0.39, 0.29) is 23.2 Å². The number of ether oxygens (including phenoxy) is 1. The lowest BCUT2D eigenvalue weighted by molar-refractivity contribution is -0.165. The van der Waals surface area contributed by atoms with E-state index in [1.54, 1.807) is 39.2 Å². The Kier molecular flexibility index (Phi) is 10.2. The maximum absolute atomic E-state index is 13.7. The normalized spacial score (nSPS) is 15.2. The molecule has 0 spiro atoms. The van der Waals surface area contributed by atoms with Gasteiger partial charge in [-0.25, -0.2) is 4.98 Å². The van der Waals surface area contributed by atoms with E-state index in [0.29, 0.717) is 36.1 Å². The molecule has 0 bridgehead atoms. The van der Waals surface area contributed by atoms with Crippen molar-refractivity contribution in [3.63, 3.8) is 0 Å². The van der Waals surface area contributed by atoms with Gasteiger partial charge in [-0.15, -0.1) is 0 Å². The van der Waals surface area contributed by atoms with Crippen LogP contribution < -0.4 is 15.0 Å². The molecule has 3 rings (SSSR count). The van der Waals surface area contributed by atoms with Crippen molar-refractivity contribution >= 4 is 29.2 Å². The average Bonchev–Trinajstić information content (AvgIpc) is 2.86. The molecule has 1 atom stereocenters. The van der Waals surface area contributed by atoms with Crippen molar-refractivity contribution in [2.75, 3.05) is 45.2 Å². The summed E-state index contributed by atoms with van der Waals surface area (Å²) in [6, 6.07) is 9.06. The Hall–Kier alpha value is -3.01. The second-order valence-electron chi connectivity index (χ2n) is 9.55. The van der Waals surface area contributed by atoms with Crippen LogP contribution in [0, 0.1) is 5.92 Å². The molecule has 1 fully saturated rings. The van der Waals surface area contributed by atoms with Gasteiger partial charge >= 0.3 is 6.18 Å². The third-order valence-electron chi connectivity index (χ3n) is 6.59. The molecule has 2 heterocycles. The van der Waals surface area contributed by atoms with Crippen molar-refractivity contribution in [3.05, 3.63) is 52.7 Å². The van der Waals surface area contributed by atoms with Crippen LogP contribution in [0.2, 0.25) is 5.15 Å². The zero-order valence-corrected chi connectivity index (χ0v) is 22.6. The van der Waals surface area contributed by atoms with Gasteiger partial charge in [-0.3, -0.25) is 9.59 Å². The Balaban J connectivity index is 1.47. The first-order valence-corrected chi connectivity index (χ1v) is 13.1. The zero-order valence-electron chi connectivity index (χ0n) is 21.9. The van der Waals surface area contributed by atoms with Crippen LogP contribution in [0.3, 0.4) is 0 Å². The number of hydrogen-bond donors (Lipinski definition) is 1. The van der Waals surface area contributed by atoms with Crippen LogP contribution in [-0.4, -0.2) is 68.2 Å². The highest BCUT2D eigenvalue weighted by Crippen LogP contribution is 2.36. The third kappa shape index (κ3) is 7.75. The van der Waals surface area contributed by atoms with E-state index in [9.17, 15) is 22.8 Å². The SMILES string of the molecule is CCOc1cccc(C(C(=O)NCCCC2CCN(c3ccc(C(=O)N(C)C)c(Cl)n3)CC2)C(F)(F)F)c1. The molecular formula is C27H34ClF3N4O3. The van der Waals surface area contributed by atoms with Crippen LogP contribution in [0.1, 0.15) is 54.4 Å². The molecule has 1 aliphatic heterocycles. The van der Waals surface area contributed by atoms with Crippen LogP contribution >= 0.6 is 11.6 Å². The maximum Gasteiger partial charge on any atom is 0.404 e. The highest BCUT2D eigenvalue weighted by molar-refractivity contribution is 6.32. The molecule has 208 valence electrons. The fraction of sp³-hybridized carbons (Fsp3) is 0.519. The van der Waals surface area contributed by atoms with E-state index in [1.165, 1.54) is 23.1 Å². The van der Waals surface area contributed by atoms with Gasteiger partial charge in [0.2, 0.25) is 5.91 Å². The van der Waals surface area contributed by atoms with Crippen molar-refractivity contribution < 1.29 is 27.5 Å². The predicted octanol–water partition coefficient (Wildman–Crippen LogP) is 5.29. The number of nitrogens with one attached hydrogen (secondary N) is 1. The lowest BCUT2D eigenvalue weighted by atomic mass is 9.92. The van der Waals surface area contributed by atoms with E-state index in [0.717, 1.165) is 32.4 Å². The number of hydrogen-bond acceptors (Lipinski definition) is 5. The van der Waals surface area contributed by atoms with Crippen LogP contribution in [0.4, 0.5) is 19.0 Å². The van der Waals surface area contributed by atoms with Crippen molar-refractivity contribution in [2.45, 2.75) is 44.7 Å². The summed E-state index contributed by atoms with van der Waals surface area (Å²) in [5.74, 6) is -2.10. The van der Waals surface area contributed by atoms with Crippen molar-refractivity contribution in [1.29, 1.82) is 0 Å². The van der Waals surface area contributed by atoms with E-state index in [2.05, 4.69) is 15.2 Å². The summed E-state index contributed by atoms with van der Waals surface area (Å²) in [5.41, 5.74) is 0.216. The molecule has 7 nitrogen and oxygen atoms in total. The Labute approximate surface area is 226 Å². The molecule has 1 unspecified atom stereocenters. The smallest absolute Gasteiger partial charge is 0.404 e. The van der Waals surface area contributed by atoms with Crippen molar-refractivity contribution in [3.8, 4) is 5.75 Å². The van der Waals surface area contributed by atoms with E-state index in [1.807, 2.05) is 0 Å². The van der Waals surface area contributed by atoms with E-state index >= 15 is 0 Å². The monoisotopic (exact) mass is 554 g/mol. The van der Waals surface area contributed by atoms with E-state index < -0.39 is 18.0 Å². The van der Waals surface area contributed by atoms with Gasteiger partial charge in [-0.2, -0.15) is 13.2 Å². The fourth-order valence-corrected chi connectivity index (χ4v) is 4.83. The molecule has 1 aromatic carbocycles. The lowest BCUT2D eigenvalue weighted by Crippen LogP contribution is -2.38. The molecule has 2 aromatic rings. The highest BCUT2D eigenvalue weighted by atomic mass is 35.5. The number of carbonyl (C=O) groups excluding carboxylic acids is 2. The molecule has 1 aromatic heterocycles. The number of nitrogens with zero attached hydrogens (tertiary/aromatic N) is 3. The molecule has 2 amide bonds. The summed E-state index contributed by atoms with van der Waals surface area (Å²) in [4.78, 5) is 32.6. The van der Waals surface area contributed by atoms with Gasteiger partial charge in [0.05, 0.1) is 12.2 Å². The standard InChI is InChI=1S/C27H34ClF3N4O3/c1-4-38-20-9-5-8-19(17-20)23(27(29,30)31)25(36)32-14-6-7-18-12-15-35(16-13-18)22-11-10-21(24(28)33-22)26(37)34(2)3/h5,8-11,17-18,23H,4,6-7,12-16H2,1-3H3,(H,32,36). The number of halogens is 4. The Morgan fingerprint density at radius 1 is 1.21 bits per heavy atom. The third-order valence-corrected chi connectivity index (χ3v) is 6.88. The highest BCUT2D eigenvalue weighted by Gasteiger charge is 2.46. The number of aromatic nitrogens is 1. The quantitative estimate of drug-likeness (QED) is 0.319. The van der Waals surface area contributed by atoms with Crippen LogP contribution in [0.15, 0.2) is 36.4 Å². The van der Waals surface area contributed by atoms with E-state index in [4.69, 9.17) is 16.3 Å². The van der Waals surface area contributed by atoms with Crippen molar-refractivity contribution in [2.24, 2.45) is 5.92 Å². The Morgan fingerprint density at radius 2 is 1.92 bits per heavy atom. The molecule has 1 saturated heterocycles. The first-order valence-electron chi connectivity index (χ1n) is 12.7. The van der Waals surface area contributed by atoms with Gasteiger partial charge < -0.3 is 19.9 Å². The molecule has 38 heavy (non-hydrogen) atoms. The second-order valence-corrected chi connectivity index (χ2v) is 9.91. The summed E-state index contributed by atoms with van der Waals surface area (Å²) in [6.07, 6.45) is -1.54. The summed E-state index contributed by atoms with van der Waals surface area (Å²) >= 11 is 6.24. The predicted molar refractivity (Wildman–Crippen MR) is 141 cm³/mol. The minimum atomic E-state index is -4.71. The van der Waals surface area contributed by atoms with Gasteiger partial charge in [0.25, 0.3) is 5.91 Å². The summed E-state index contributed by atoms with van der Waals surface area (Å²) in [6.45, 7) is 3.75. The Morgan fingerprint density at radius 3 is 2.53 bits per heavy atom. The summed E-state index contributed by atoms with van der Waals surface area (Å²) < 4.78 is 46.5. The van der Waals surface area contributed by atoms with Gasteiger partial charge in [-0.1, -0.05) is 23.7 Å². The number of anilines is 1. The number of piperidine rings is 1. The average molecular weight is 555 g/mol.